The zero-order valence-corrected chi connectivity index (χ0v) is 12.1. The highest BCUT2D eigenvalue weighted by Gasteiger charge is 2.42. The molecule has 0 bridgehead atoms. The van der Waals surface area contributed by atoms with E-state index in [2.05, 4.69) is 5.32 Å². The fraction of sp³-hybridized carbons (Fsp3) is 0.600. The molecule has 0 heterocycles. The summed E-state index contributed by atoms with van der Waals surface area (Å²) in [5, 5.41) is 3.98. The quantitative estimate of drug-likeness (QED) is 0.818. The van der Waals surface area contributed by atoms with E-state index >= 15 is 0 Å². The van der Waals surface area contributed by atoms with Crippen LogP contribution in [-0.2, 0) is 0 Å². The van der Waals surface area contributed by atoms with E-state index < -0.39 is 12.1 Å². The summed E-state index contributed by atoms with van der Waals surface area (Å²) in [5.41, 5.74) is 1.04. The Hall–Kier alpha value is -0.740. The lowest BCUT2D eigenvalue weighted by Gasteiger charge is -2.33. The minimum atomic E-state index is -4.07. The molecular weight excluding hydrogens is 287 g/mol. The molecule has 20 heavy (non-hydrogen) atoms. The first-order valence-electron chi connectivity index (χ1n) is 6.94. The highest BCUT2D eigenvalue weighted by Crippen LogP contribution is 2.38. The smallest absolute Gasteiger partial charge is 0.307 e. The van der Waals surface area contributed by atoms with E-state index in [0.717, 1.165) is 12.0 Å². The first kappa shape index (κ1) is 15.6. The van der Waals surface area contributed by atoms with Gasteiger partial charge >= 0.3 is 6.18 Å². The molecule has 1 nitrogen and oxygen atoms in total. The van der Waals surface area contributed by atoms with Crippen molar-refractivity contribution >= 4 is 11.6 Å². The van der Waals surface area contributed by atoms with Crippen LogP contribution >= 0.6 is 11.6 Å². The summed E-state index contributed by atoms with van der Waals surface area (Å²) in [4.78, 5) is 0. The molecule has 1 aromatic carbocycles. The van der Waals surface area contributed by atoms with Crippen LogP contribution in [0.25, 0.3) is 0 Å². The van der Waals surface area contributed by atoms with Gasteiger partial charge in [0.2, 0.25) is 0 Å². The lowest BCUT2D eigenvalue weighted by atomic mass is 9.85. The summed E-state index contributed by atoms with van der Waals surface area (Å²) in [6.45, 7) is 1.97. The largest absolute Gasteiger partial charge is 0.391 e. The number of hydrogen-bond donors (Lipinski definition) is 1. The second-order valence-corrected chi connectivity index (χ2v) is 5.98. The Morgan fingerprint density at radius 1 is 1.20 bits per heavy atom. The summed E-state index contributed by atoms with van der Waals surface area (Å²) in [6, 6.07) is 7.38. The van der Waals surface area contributed by atoms with Gasteiger partial charge in [0.05, 0.1) is 5.92 Å². The molecule has 2 rings (SSSR count). The van der Waals surface area contributed by atoms with Crippen molar-refractivity contribution in [2.24, 2.45) is 5.92 Å². The van der Waals surface area contributed by atoms with Gasteiger partial charge in [-0.05, 0) is 43.9 Å². The van der Waals surface area contributed by atoms with Gasteiger partial charge in [-0.25, -0.2) is 0 Å². The Bertz CT molecular complexity index is 430. The van der Waals surface area contributed by atoms with Crippen LogP contribution in [-0.4, -0.2) is 12.2 Å². The third-order valence-electron chi connectivity index (χ3n) is 3.99. The normalized spacial score (nSPS) is 25.4. The van der Waals surface area contributed by atoms with Crippen LogP contribution in [0.2, 0.25) is 5.02 Å². The number of alkyl halides is 3. The third kappa shape index (κ3) is 4.13. The lowest BCUT2D eigenvalue weighted by molar-refractivity contribution is -0.183. The Morgan fingerprint density at radius 3 is 2.45 bits per heavy atom. The Balaban J connectivity index is 1.94. The zero-order valence-electron chi connectivity index (χ0n) is 11.4. The van der Waals surface area contributed by atoms with Crippen molar-refractivity contribution < 1.29 is 13.2 Å². The molecule has 0 amide bonds. The molecule has 5 heteroatoms. The van der Waals surface area contributed by atoms with Gasteiger partial charge in [-0.3, -0.25) is 0 Å². The van der Waals surface area contributed by atoms with Gasteiger partial charge in [-0.15, -0.1) is 0 Å². The molecule has 0 aliphatic heterocycles. The second-order valence-electron chi connectivity index (χ2n) is 5.54. The number of nitrogens with one attached hydrogen (secondary N) is 1. The minimum absolute atomic E-state index is 0.0317. The summed E-state index contributed by atoms with van der Waals surface area (Å²) in [6.07, 6.45) is -2.18. The van der Waals surface area contributed by atoms with Crippen LogP contribution in [0.5, 0.6) is 0 Å². The molecule has 0 radical (unpaired) electrons. The average Bonchev–Trinajstić information content (AvgIpc) is 2.38. The van der Waals surface area contributed by atoms with E-state index in [1.165, 1.54) is 0 Å². The van der Waals surface area contributed by atoms with Gasteiger partial charge in [0.15, 0.2) is 0 Å². The maximum Gasteiger partial charge on any atom is 0.391 e. The van der Waals surface area contributed by atoms with Crippen molar-refractivity contribution in [3.8, 4) is 0 Å². The van der Waals surface area contributed by atoms with Crippen molar-refractivity contribution in [1.29, 1.82) is 0 Å². The van der Waals surface area contributed by atoms with E-state index in [1.54, 1.807) is 12.1 Å². The fourth-order valence-corrected chi connectivity index (χ4v) is 2.97. The average molecular weight is 306 g/mol. The molecule has 2 unspecified atom stereocenters. The van der Waals surface area contributed by atoms with Crippen LogP contribution in [0, 0.1) is 5.92 Å². The molecular formula is C15H19ClF3N. The van der Waals surface area contributed by atoms with Crippen molar-refractivity contribution in [3.05, 3.63) is 34.9 Å². The SMILES string of the molecule is C[C@@H](NC1CCCC(C(F)(F)F)C1)c1ccc(Cl)cc1. The van der Waals surface area contributed by atoms with Crippen LogP contribution in [0.1, 0.15) is 44.2 Å². The molecule has 112 valence electrons. The Labute approximate surface area is 122 Å². The first-order chi connectivity index (χ1) is 9.36. The predicted octanol–water partition coefficient (Wildman–Crippen LogP) is 5.11. The second kappa shape index (κ2) is 6.35. The van der Waals surface area contributed by atoms with Crippen molar-refractivity contribution in [2.75, 3.05) is 0 Å². The third-order valence-corrected chi connectivity index (χ3v) is 4.24. The molecule has 1 N–H and O–H groups in total. The maximum absolute atomic E-state index is 12.8. The van der Waals surface area contributed by atoms with Gasteiger partial charge < -0.3 is 5.32 Å². The zero-order chi connectivity index (χ0) is 14.8. The molecule has 1 saturated carbocycles. The number of hydrogen-bond acceptors (Lipinski definition) is 1. The maximum atomic E-state index is 12.8. The number of rotatable bonds is 3. The molecule has 3 atom stereocenters. The summed E-state index contributed by atoms with van der Waals surface area (Å²) in [7, 11) is 0. The van der Waals surface area contributed by atoms with E-state index in [1.807, 2.05) is 19.1 Å². The van der Waals surface area contributed by atoms with Crippen LogP contribution < -0.4 is 5.32 Å². The van der Waals surface area contributed by atoms with Gasteiger partial charge in [0, 0.05) is 17.1 Å². The van der Waals surface area contributed by atoms with Crippen molar-refractivity contribution in [3.63, 3.8) is 0 Å². The molecule has 1 aliphatic rings. The first-order valence-corrected chi connectivity index (χ1v) is 7.32. The van der Waals surface area contributed by atoms with Gasteiger partial charge in [-0.1, -0.05) is 30.2 Å². The minimum Gasteiger partial charge on any atom is -0.307 e. The summed E-state index contributed by atoms with van der Waals surface area (Å²) in [5.74, 6) is -1.16. The van der Waals surface area contributed by atoms with E-state index in [4.69, 9.17) is 11.6 Å². The fourth-order valence-electron chi connectivity index (χ4n) is 2.84. The molecule has 1 aliphatic carbocycles. The van der Waals surface area contributed by atoms with Crippen LogP contribution in [0.4, 0.5) is 13.2 Å². The molecule has 0 saturated heterocycles. The van der Waals surface area contributed by atoms with Crippen LogP contribution in [0.3, 0.4) is 0 Å². The van der Waals surface area contributed by atoms with Gasteiger partial charge in [0.1, 0.15) is 0 Å². The van der Waals surface area contributed by atoms with Gasteiger partial charge in [-0.2, -0.15) is 13.2 Å². The Morgan fingerprint density at radius 2 is 1.85 bits per heavy atom. The van der Waals surface area contributed by atoms with Crippen molar-refractivity contribution in [2.45, 2.75) is 50.9 Å². The summed E-state index contributed by atoms with van der Waals surface area (Å²) < 4.78 is 38.3. The highest BCUT2D eigenvalue weighted by molar-refractivity contribution is 6.30. The van der Waals surface area contributed by atoms with E-state index in [9.17, 15) is 13.2 Å². The Kier molecular flexibility index (Phi) is 4.97. The summed E-state index contributed by atoms with van der Waals surface area (Å²) >= 11 is 5.83. The lowest BCUT2D eigenvalue weighted by Crippen LogP contribution is -2.39. The number of halogens is 4. The molecule has 1 aromatic rings. The molecule has 0 aromatic heterocycles. The van der Waals surface area contributed by atoms with E-state index in [-0.39, 0.29) is 24.9 Å². The standard InChI is InChI=1S/C15H19ClF3N/c1-10(11-5-7-13(16)8-6-11)20-14-4-2-3-12(9-14)15(17,18)19/h5-8,10,12,14,20H,2-4,9H2,1H3/t10-,12?,14?/m1/s1. The molecule has 0 spiro atoms. The van der Waals surface area contributed by atoms with E-state index in [0.29, 0.717) is 11.4 Å². The topological polar surface area (TPSA) is 12.0 Å². The van der Waals surface area contributed by atoms with Crippen LogP contribution in [0.15, 0.2) is 24.3 Å². The van der Waals surface area contributed by atoms with Gasteiger partial charge in [0.25, 0.3) is 0 Å². The highest BCUT2D eigenvalue weighted by atomic mass is 35.5. The predicted molar refractivity (Wildman–Crippen MR) is 74.8 cm³/mol. The number of benzene rings is 1. The monoisotopic (exact) mass is 305 g/mol. The van der Waals surface area contributed by atoms with Crippen molar-refractivity contribution in [1.82, 2.24) is 5.32 Å². The molecule has 1 fully saturated rings.